The molecule has 0 saturated heterocycles. The Kier molecular flexibility index (Phi) is 7.50. The zero-order valence-corrected chi connectivity index (χ0v) is 20.4. The first kappa shape index (κ1) is 23.8. The highest BCUT2D eigenvalue weighted by molar-refractivity contribution is 7.09. The fourth-order valence-corrected chi connectivity index (χ4v) is 4.62. The number of aryl methyl sites for hydroxylation is 2. The van der Waals surface area contributed by atoms with Crippen LogP contribution in [0.5, 0.6) is 11.5 Å². The number of aromatic nitrogens is 1. The number of hydrogen-bond acceptors (Lipinski definition) is 5. The Morgan fingerprint density at radius 3 is 2.29 bits per heavy atom. The van der Waals surface area contributed by atoms with Gasteiger partial charge in [0, 0.05) is 12.5 Å². The minimum atomic E-state index is -0.365. The number of aromatic amines is 1. The maximum absolute atomic E-state index is 11.4. The van der Waals surface area contributed by atoms with E-state index in [1.807, 2.05) is 24.3 Å². The van der Waals surface area contributed by atoms with Crippen LogP contribution in [0.1, 0.15) is 30.0 Å². The summed E-state index contributed by atoms with van der Waals surface area (Å²) >= 11 is 1.33. The van der Waals surface area contributed by atoms with Crippen molar-refractivity contribution in [3.8, 4) is 33.1 Å². The quantitative estimate of drug-likeness (QED) is 0.306. The van der Waals surface area contributed by atoms with E-state index in [2.05, 4.69) is 54.6 Å². The van der Waals surface area contributed by atoms with Gasteiger partial charge in [0.15, 0.2) is 0 Å². The molecule has 0 aliphatic carbocycles. The summed E-state index contributed by atoms with van der Waals surface area (Å²) in [6, 6.07) is 21.9. The van der Waals surface area contributed by atoms with Gasteiger partial charge in [-0.25, -0.2) is 0 Å². The zero-order valence-electron chi connectivity index (χ0n) is 19.6. The first-order valence-corrected chi connectivity index (χ1v) is 12.1. The second-order valence-corrected chi connectivity index (χ2v) is 9.36. The Morgan fingerprint density at radius 1 is 0.912 bits per heavy atom. The van der Waals surface area contributed by atoms with Gasteiger partial charge in [-0.2, -0.15) is 0 Å². The summed E-state index contributed by atoms with van der Waals surface area (Å²) in [6.45, 7) is 6.91. The predicted octanol–water partition coefficient (Wildman–Crippen LogP) is 6.12. The molecule has 34 heavy (non-hydrogen) atoms. The van der Waals surface area contributed by atoms with E-state index in [9.17, 15) is 9.90 Å². The summed E-state index contributed by atoms with van der Waals surface area (Å²) in [5.74, 6) is 1.61. The van der Waals surface area contributed by atoms with E-state index in [0.29, 0.717) is 19.6 Å². The molecule has 2 N–H and O–H groups in total. The molecule has 5 nitrogen and oxygen atoms in total. The van der Waals surface area contributed by atoms with Crippen molar-refractivity contribution in [2.24, 2.45) is 0 Å². The van der Waals surface area contributed by atoms with Crippen molar-refractivity contribution in [2.75, 3.05) is 6.61 Å². The van der Waals surface area contributed by atoms with Gasteiger partial charge >= 0.3 is 0 Å². The van der Waals surface area contributed by atoms with Gasteiger partial charge in [0.1, 0.15) is 18.1 Å². The number of aliphatic hydroxyl groups is 1. The predicted molar refractivity (Wildman–Crippen MR) is 138 cm³/mol. The summed E-state index contributed by atoms with van der Waals surface area (Å²) in [6.07, 6.45) is 0.245. The van der Waals surface area contributed by atoms with Crippen molar-refractivity contribution >= 4 is 11.5 Å². The van der Waals surface area contributed by atoms with E-state index < -0.39 is 0 Å². The van der Waals surface area contributed by atoms with Crippen molar-refractivity contribution in [3.05, 3.63) is 93.8 Å². The van der Waals surface area contributed by atoms with Crippen LogP contribution in [0.15, 0.2) is 71.5 Å². The van der Waals surface area contributed by atoms with E-state index >= 15 is 0 Å². The molecule has 0 radical (unpaired) electrons. The van der Waals surface area contributed by atoms with Gasteiger partial charge in [-0.15, -0.1) is 0 Å². The first-order chi connectivity index (χ1) is 16.4. The maximum Gasteiger partial charge on any atom is 0.258 e. The van der Waals surface area contributed by atoms with Crippen molar-refractivity contribution in [2.45, 2.75) is 39.9 Å². The van der Waals surface area contributed by atoms with Gasteiger partial charge in [-0.1, -0.05) is 29.7 Å². The smallest absolute Gasteiger partial charge is 0.258 e. The van der Waals surface area contributed by atoms with Crippen LogP contribution in [0.25, 0.3) is 21.6 Å². The van der Waals surface area contributed by atoms with E-state index in [0.717, 1.165) is 44.2 Å². The van der Waals surface area contributed by atoms with Gasteiger partial charge in [-0.05, 0) is 96.6 Å². The van der Waals surface area contributed by atoms with Crippen LogP contribution in [0.4, 0.5) is 0 Å². The average molecular weight is 476 g/mol. The highest BCUT2D eigenvalue weighted by Gasteiger charge is 2.10. The van der Waals surface area contributed by atoms with Crippen LogP contribution >= 0.6 is 11.5 Å². The van der Waals surface area contributed by atoms with Gasteiger partial charge < -0.3 is 14.6 Å². The molecule has 1 aromatic heterocycles. The monoisotopic (exact) mass is 475 g/mol. The molecule has 1 atom stereocenters. The Balaban J connectivity index is 1.44. The van der Waals surface area contributed by atoms with Crippen molar-refractivity contribution in [1.29, 1.82) is 0 Å². The summed E-state index contributed by atoms with van der Waals surface area (Å²) in [4.78, 5) is 12.3. The maximum atomic E-state index is 11.4. The lowest BCUT2D eigenvalue weighted by Crippen LogP contribution is -2.07. The lowest BCUT2D eigenvalue weighted by atomic mass is 9.94. The molecule has 0 bridgehead atoms. The molecule has 0 spiro atoms. The molecule has 0 amide bonds. The third-order valence-electron chi connectivity index (χ3n) is 5.59. The molecule has 4 aromatic rings. The third kappa shape index (κ3) is 5.95. The molecule has 4 rings (SSSR count). The molecule has 6 heteroatoms. The molecule has 1 heterocycles. The molecule has 0 saturated carbocycles. The summed E-state index contributed by atoms with van der Waals surface area (Å²) < 4.78 is 14.5. The molecule has 0 aliphatic heterocycles. The minimum absolute atomic E-state index is 0.0795. The van der Waals surface area contributed by atoms with Crippen LogP contribution < -0.4 is 15.0 Å². The van der Waals surface area contributed by atoms with E-state index in [1.165, 1.54) is 17.1 Å². The number of H-pyrrole nitrogens is 1. The van der Waals surface area contributed by atoms with Crippen LogP contribution in [0, 0.1) is 13.8 Å². The number of rotatable bonds is 9. The van der Waals surface area contributed by atoms with Crippen molar-refractivity contribution in [3.63, 3.8) is 0 Å². The van der Waals surface area contributed by atoms with E-state index in [-0.39, 0.29) is 11.7 Å². The van der Waals surface area contributed by atoms with Gasteiger partial charge in [0.05, 0.1) is 17.6 Å². The summed E-state index contributed by atoms with van der Waals surface area (Å²) in [5, 5.41) is 9.43. The number of hydrogen-bond donors (Lipinski definition) is 2. The minimum Gasteiger partial charge on any atom is -0.493 e. The fraction of sp³-hybridized carbons (Fsp3) is 0.250. The van der Waals surface area contributed by atoms with Crippen molar-refractivity contribution in [1.82, 2.24) is 4.37 Å². The number of aliphatic hydroxyl groups excluding tert-OH is 1. The van der Waals surface area contributed by atoms with Crippen LogP contribution in [-0.2, 0) is 6.61 Å². The normalized spacial score (nSPS) is 11.9. The second-order valence-electron chi connectivity index (χ2n) is 8.51. The van der Waals surface area contributed by atoms with Gasteiger partial charge in [0.25, 0.3) is 5.56 Å². The van der Waals surface area contributed by atoms with Crippen LogP contribution in [0.3, 0.4) is 0 Å². The summed E-state index contributed by atoms with van der Waals surface area (Å²) in [7, 11) is 0. The molecule has 0 fully saturated rings. The SMILES string of the molecule is Cc1cc(OCC[C@@H](C)O)cc(C)c1-c1cccc(COc2ccc(-c3cc(=O)[nH]s3)cc2)c1. The second kappa shape index (κ2) is 10.7. The topological polar surface area (TPSA) is 71.5 Å². The average Bonchev–Trinajstić information content (AvgIpc) is 3.24. The standard InChI is InChI=1S/C28H29NO4S/c1-18-13-25(32-12-11-20(3)30)14-19(2)28(18)23-6-4-5-21(15-23)17-33-24-9-7-22(8-10-24)26-16-27(31)29-34-26/h4-10,13-16,20,30H,11-12,17H2,1-3H3,(H,29,31)/t20-/m1/s1. The molecule has 176 valence electrons. The Morgan fingerprint density at radius 2 is 1.65 bits per heavy atom. The molecule has 0 aliphatic rings. The fourth-order valence-electron chi connectivity index (χ4n) is 3.93. The summed E-state index contributed by atoms with van der Waals surface area (Å²) in [5.41, 5.74) is 6.62. The first-order valence-electron chi connectivity index (χ1n) is 11.3. The Bertz CT molecular complexity index is 1280. The van der Waals surface area contributed by atoms with E-state index in [4.69, 9.17) is 9.47 Å². The highest BCUT2D eigenvalue weighted by Crippen LogP contribution is 2.32. The number of nitrogens with one attached hydrogen (secondary N) is 1. The molecular weight excluding hydrogens is 446 g/mol. The number of ether oxygens (including phenoxy) is 2. The van der Waals surface area contributed by atoms with Gasteiger partial charge in [0.2, 0.25) is 0 Å². The molecule has 0 unspecified atom stereocenters. The Hall–Kier alpha value is -3.35. The molecule has 3 aromatic carbocycles. The zero-order chi connectivity index (χ0) is 24.1. The highest BCUT2D eigenvalue weighted by atomic mass is 32.1. The largest absolute Gasteiger partial charge is 0.493 e. The number of benzene rings is 3. The lowest BCUT2D eigenvalue weighted by Gasteiger charge is -2.15. The van der Waals surface area contributed by atoms with Crippen molar-refractivity contribution < 1.29 is 14.6 Å². The third-order valence-corrected chi connectivity index (χ3v) is 6.47. The van der Waals surface area contributed by atoms with Gasteiger partial charge in [-0.3, -0.25) is 9.17 Å². The van der Waals surface area contributed by atoms with E-state index in [1.54, 1.807) is 13.0 Å². The molecular formula is C28H29NO4S. The lowest BCUT2D eigenvalue weighted by molar-refractivity contribution is 0.155. The van der Waals surface area contributed by atoms with Crippen LogP contribution in [0.2, 0.25) is 0 Å². The van der Waals surface area contributed by atoms with Crippen LogP contribution in [-0.4, -0.2) is 22.2 Å². The Labute approximate surface area is 203 Å².